The number of rotatable bonds is 24. The van der Waals surface area contributed by atoms with Crippen molar-refractivity contribution in [2.75, 3.05) is 175 Å². The van der Waals surface area contributed by atoms with Gasteiger partial charge in [0.15, 0.2) is 0 Å². The summed E-state index contributed by atoms with van der Waals surface area (Å²) in [5.41, 5.74) is 10.8. The zero-order valence-electron chi connectivity index (χ0n) is 67.1. The minimum atomic E-state index is -0.0599. The number of aromatic amines is 3. The van der Waals surface area contributed by atoms with Gasteiger partial charge in [0, 0.05) is 235 Å². The fraction of sp³-hybridized carbons (Fsp3) is 0.337. The molecule has 15 heterocycles. The SMILES string of the molecule is CN1CCN(C(=O)c2cc3cc(Nc4nccc(-c5cc(OCC6CNC(=O)C6)ccn5)n4)ccc3[nH]2)CC1.CN1CCN(C(=O)c2cc3cc(Nc4nccc(-c5cc(OCCCN6CCCC6=O)ccn5)n4)ccc3[nH]2)CC1.CN1CCN(C(=O)c2cc3cc(Nc4nccc(-c5cc(OCCN6CCNC6=O)ccn5)n4)ccc3[nH]2)CC1. The molecule has 6 fully saturated rings. The van der Waals surface area contributed by atoms with Gasteiger partial charge < -0.3 is 94.9 Å². The van der Waals surface area contributed by atoms with E-state index in [1.807, 2.05) is 123 Å². The first-order chi connectivity index (χ1) is 58.5. The summed E-state index contributed by atoms with van der Waals surface area (Å²) >= 11 is 0. The van der Waals surface area contributed by atoms with Crippen LogP contribution in [-0.2, 0) is 9.59 Å². The summed E-state index contributed by atoms with van der Waals surface area (Å²) < 4.78 is 17.7. The van der Waals surface area contributed by atoms with Crippen molar-refractivity contribution in [3.05, 3.63) is 182 Å². The summed E-state index contributed by atoms with van der Waals surface area (Å²) in [6.45, 7) is 15.1. The van der Waals surface area contributed by atoms with Gasteiger partial charge in [0.25, 0.3) is 17.7 Å². The first-order valence-corrected chi connectivity index (χ1v) is 40.5. The lowest BCUT2D eigenvalue weighted by Gasteiger charge is -2.32. The number of H-pyrrole nitrogens is 3. The van der Waals surface area contributed by atoms with E-state index in [9.17, 15) is 28.8 Å². The topological polar surface area (TPSA) is 380 Å². The van der Waals surface area contributed by atoms with Crippen LogP contribution in [0.3, 0.4) is 0 Å². The standard InChI is InChI=1S/C30H34N8O3.C28H31N9O3.C28H30N8O3/c1-36-13-15-38(16-14-36)29(40)27-19-21-18-22(5-6-24(21)34-27)33-30-32-10-8-25(35-30)26-20-23(7-9-31-26)41-17-3-12-37-11-2-4-28(37)39;1-35-10-12-36(13-11-35)26(38)25-17-19-16-20(2-3-22(19)33-25)32-27-30-7-5-23(34-27)24-18-21(4-6-29-24)40-15-14-37-9-8-31-28(37)39;1-35-8-10-36(11-9-35)27(38)25-14-19-13-20(2-3-22(19)33-25)32-28-30-7-5-23(34-28)24-15-21(4-6-29-24)39-17-18-12-26(37)31-16-18/h5-10,18-20,34H,2-4,11-17H2,1H3,(H,32,33,35);2-7,16-18,33H,8-15H2,1H3,(H,31,39)(H,30,32,34);2-7,13-15,18,33H,8-12,16-17H2,1H3,(H,31,37)(H,30,32,34). The van der Waals surface area contributed by atoms with Crippen molar-refractivity contribution < 1.29 is 43.0 Å². The molecule has 1 atom stereocenters. The number of carbonyl (C=O) groups excluding carboxylic acids is 6. The highest BCUT2D eigenvalue weighted by molar-refractivity contribution is 6.01. The predicted octanol–water partition coefficient (Wildman–Crippen LogP) is 8.76. The minimum Gasteiger partial charge on any atom is -0.493 e. The summed E-state index contributed by atoms with van der Waals surface area (Å²) in [6.07, 6.45) is 13.0. The Morgan fingerprint density at radius 1 is 0.417 bits per heavy atom. The normalized spacial score (nSPS) is 16.5. The number of amides is 7. The Balaban J connectivity index is 0.000000134. The molecule has 6 saturated heterocycles. The Labute approximate surface area is 691 Å². The lowest BCUT2D eigenvalue weighted by atomic mass is 10.1. The largest absolute Gasteiger partial charge is 0.493 e. The third-order valence-corrected chi connectivity index (χ3v) is 21.8. The molecule has 8 N–H and O–H groups in total. The van der Waals surface area contributed by atoms with Gasteiger partial charge in [-0.3, -0.25) is 38.9 Å². The van der Waals surface area contributed by atoms with Gasteiger partial charge in [-0.2, -0.15) is 0 Å². The summed E-state index contributed by atoms with van der Waals surface area (Å²) in [5, 5.41) is 18.2. The molecule has 6 aliphatic heterocycles. The lowest BCUT2D eigenvalue weighted by molar-refractivity contribution is -0.127. The summed E-state index contributed by atoms with van der Waals surface area (Å²) in [5.74, 6) is 3.87. The van der Waals surface area contributed by atoms with Gasteiger partial charge in [0.1, 0.15) is 40.9 Å². The second-order valence-electron chi connectivity index (χ2n) is 30.5. The Hall–Kier alpha value is -13.7. The van der Waals surface area contributed by atoms with E-state index in [1.165, 1.54) is 0 Å². The zero-order valence-corrected chi connectivity index (χ0v) is 67.1. The molecule has 120 heavy (non-hydrogen) atoms. The Morgan fingerprint density at radius 3 is 1.21 bits per heavy atom. The van der Waals surface area contributed by atoms with E-state index in [0.717, 1.165) is 154 Å². The summed E-state index contributed by atoms with van der Waals surface area (Å²) in [4.78, 5) is 140. The Morgan fingerprint density at radius 2 is 0.825 bits per heavy atom. The van der Waals surface area contributed by atoms with Crippen LogP contribution >= 0.6 is 0 Å². The van der Waals surface area contributed by atoms with Crippen molar-refractivity contribution in [1.82, 2.24) is 110 Å². The van der Waals surface area contributed by atoms with E-state index in [4.69, 9.17) is 14.2 Å². The number of carbonyl (C=O) groups is 6. The Bertz CT molecular complexity index is 5680. The molecule has 7 amide bonds. The van der Waals surface area contributed by atoms with Gasteiger partial charge in [-0.25, -0.2) is 34.7 Å². The van der Waals surface area contributed by atoms with E-state index >= 15 is 0 Å². The van der Waals surface area contributed by atoms with Crippen LogP contribution in [-0.4, -0.2) is 293 Å². The molecule has 0 radical (unpaired) electrons. The number of hydrogen-bond acceptors (Lipinski definition) is 24. The highest BCUT2D eigenvalue weighted by atomic mass is 16.5. The molecular weight excluding hydrogens is 1530 g/mol. The predicted molar refractivity (Wildman–Crippen MR) is 454 cm³/mol. The molecule has 0 bridgehead atoms. The maximum Gasteiger partial charge on any atom is 0.317 e. The molecule has 1 unspecified atom stereocenters. The van der Waals surface area contributed by atoms with Crippen LogP contribution in [0.4, 0.5) is 39.7 Å². The Kier molecular flexibility index (Phi) is 24.9. The van der Waals surface area contributed by atoms with Crippen LogP contribution in [0, 0.1) is 5.92 Å². The number of aromatic nitrogens is 12. The fourth-order valence-corrected chi connectivity index (χ4v) is 14.9. The highest BCUT2D eigenvalue weighted by Crippen LogP contribution is 2.31. The van der Waals surface area contributed by atoms with Crippen molar-refractivity contribution in [2.45, 2.75) is 25.7 Å². The van der Waals surface area contributed by atoms with Gasteiger partial charge >= 0.3 is 6.03 Å². The van der Waals surface area contributed by atoms with Gasteiger partial charge in [0.05, 0.1) is 53.9 Å². The van der Waals surface area contributed by atoms with Crippen LogP contribution in [0.5, 0.6) is 17.2 Å². The van der Waals surface area contributed by atoms with Crippen molar-refractivity contribution in [1.29, 1.82) is 0 Å². The van der Waals surface area contributed by atoms with E-state index in [-0.39, 0.29) is 41.5 Å². The van der Waals surface area contributed by atoms with Crippen LogP contribution in [0.2, 0.25) is 0 Å². The number of nitrogens with one attached hydrogen (secondary N) is 8. The second-order valence-corrected chi connectivity index (χ2v) is 30.5. The van der Waals surface area contributed by atoms with Crippen LogP contribution in [0.1, 0.15) is 57.1 Å². The molecule has 3 aromatic carbocycles. The molecular formula is C86H95N25O9. The van der Waals surface area contributed by atoms with Crippen LogP contribution < -0.4 is 40.8 Å². The van der Waals surface area contributed by atoms with Crippen molar-refractivity contribution >= 4 is 103 Å². The van der Waals surface area contributed by atoms with Crippen LogP contribution in [0.15, 0.2) is 165 Å². The number of ether oxygens (including phenoxy) is 3. The number of hydrogen-bond donors (Lipinski definition) is 8. The van der Waals surface area contributed by atoms with E-state index in [2.05, 4.69) is 122 Å². The smallest absolute Gasteiger partial charge is 0.317 e. The number of benzene rings is 3. The lowest BCUT2D eigenvalue weighted by Crippen LogP contribution is -2.47. The molecule has 0 aliphatic carbocycles. The highest BCUT2D eigenvalue weighted by Gasteiger charge is 2.28. The summed E-state index contributed by atoms with van der Waals surface area (Å²) in [6, 6.07) is 39.5. The zero-order chi connectivity index (χ0) is 82.4. The average Bonchev–Trinajstić information content (AvgIpc) is 1.68. The van der Waals surface area contributed by atoms with Crippen molar-refractivity contribution in [2.24, 2.45) is 5.92 Å². The summed E-state index contributed by atoms with van der Waals surface area (Å²) in [7, 11) is 6.22. The molecule has 34 heteroatoms. The third kappa shape index (κ3) is 20.3. The first-order valence-electron chi connectivity index (χ1n) is 40.5. The quantitative estimate of drug-likeness (QED) is 0.0262. The first kappa shape index (κ1) is 80.1. The molecule has 6 aliphatic rings. The molecule has 12 aromatic rings. The minimum absolute atomic E-state index is 0.0232. The van der Waals surface area contributed by atoms with E-state index in [1.54, 1.807) is 66.3 Å². The van der Waals surface area contributed by atoms with Gasteiger partial charge in [-0.1, -0.05) is 0 Å². The molecule has 34 nitrogen and oxygen atoms in total. The third-order valence-electron chi connectivity index (χ3n) is 21.8. The van der Waals surface area contributed by atoms with E-state index in [0.29, 0.717) is 145 Å². The number of anilines is 6. The molecule has 0 spiro atoms. The van der Waals surface area contributed by atoms with Gasteiger partial charge in [-0.05, 0) is 143 Å². The number of urea groups is 1. The maximum absolute atomic E-state index is 13.0. The second kappa shape index (κ2) is 37.3. The molecule has 0 saturated carbocycles. The van der Waals surface area contributed by atoms with Gasteiger partial charge in [-0.15, -0.1) is 0 Å². The van der Waals surface area contributed by atoms with Crippen LogP contribution in [0.25, 0.3) is 66.9 Å². The number of likely N-dealkylation sites (tertiary alicyclic amines) is 1. The molecule has 18 rings (SSSR count). The average molecular weight is 1620 g/mol. The van der Waals surface area contributed by atoms with E-state index < -0.39 is 0 Å². The molecule has 9 aromatic heterocycles. The fourth-order valence-electron chi connectivity index (χ4n) is 14.9. The number of fused-ring (bicyclic) bond motifs is 3. The number of likely N-dealkylation sites (N-methyl/N-ethyl adjacent to an activating group) is 3. The maximum atomic E-state index is 13.0. The number of nitrogens with zero attached hydrogens (tertiary/aromatic N) is 17. The van der Waals surface area contributed by atoms with Crippen molar-refractivity contribution in [3.63, 3.8) is 0 Å². The van der Waals surface area contributed by atoms with Gasteiger partial charge in [0.2, 0.25) is 29.7 Å². The number of pyridine rings is 3. The number of piperazine rings is 3. The van der Waals surface area contributed by atoms with Crippen molar-refractivity contribution in [3.8, 4) is 51.4 Å². The monoisotopic (exact) mass is 1620 g/mol. The molecule has 618 valence electrons.